The minimum absolute atomic E-state index is 0.0262. The standard InChI is InChI=1S/C20H18N2O2S/c1-20(14-6-8-15(23)9-7-14)16-5-3-2-4-13(16)12-17(20)18(24)22-19-21-10-11-25-19/h2-11,17,23H,12H2,1H3,(H,21,22,24)/t17-,20+/m1/s1. The first-order valence-electron chi connectivity index (χ1n) is 8.17. The largest absolute Gasteiger partial charge is 0.508 e. The van der Waals surface area contributed by atoms with Gasteiger partial charge in [-0.25, -0.2) is 4.98 Å². The molecule has 1 aliphatic carbocycles. The zero-order chi connectivity index (χ0) is 17.4. The number of nitrogens with one attached hydrogen (secondary N) is 1. The molecule has 0 bridgehead atoms. The number of aromatic nitrogens is 1. The van der Waals surface area contributed by atoms with Crippen LogP contribution in [0, 0.1) is 5.92 Å². The predicted octanol–water partition coefficient (Wildman–Crippen LogP) is 3.97. The highest BCUT2D eigenvalue weighted by Crippen LogP contribution is 2.48. The highest BCUT2D eigenvalue weighted by atomic mass is 32.1. The van der Waals surface area contributed by atoms with Crippen LogP contribution in [0.3, 0.4) is 0 Å². The van der Waals surface area contributed by atoms with Gasteiger partial charge in [-0.2, -0.15) is 0 Å². The number of hydrogen-bond donors (Lipinski definition) is 2. The summed E-state index contributed by atoms with van der Waals surface area (Å²) in [5.41, 5.74) is 2.93. The summed E-state index contributed by atoms with van der Waals surface area (Å²) in [6.45, 7) is 2.11. The van der Waals surface area contributed by atoms with E-state index >= 15 is 0 Å². The van der Waals surface area contributed by atoms with E-state index in [9.17, 15) is 9.90 Å². The predicted molar refractivity (Wildman–Crippen MR) is 98.9 cm³/mol. The molecule has 0 saturated carbocycles. The van der Waals surface area contributed by atoms with Crippen molar-refractivity contribution in [2.24, 2.45) is 5.92 Å². The van der Waals surface area contributed by atoms with Crippen LogP contribution >= 0.6 is 11.3 Å². The van der Waals surface area contributed by atoms with Gasteiger partial charge in [-0.05, 0) is 35.2 Å². The minimum Gasteiger partial charge on any atom is -0.508 e. The van der Waals surface area contributed by atoms with Gasteiger partial charge in [0.15, 0.2) is 5.13 Å². The molecule has 0 radical (unpaired) electrons. The van der Waals surface area contributed by atoms with E-state index in [2.05, 4.69) is 29.4 Å². The number of carbonyl (C=O) groups excluding carboxylic acids is 1. The van der Waals surface area contributed by atoms with Gasteiger partial charge in [0.25, 0.3) is 0 Å². The van der Waals surface area contributed by atoms with Crippen LogP contribution < -0.4 is 5.32 Å². The Kier molecular flexibility index (Phi) is 3.81. The SMILES string of the molecule is C[C@]1(c2ccc(O)cc2)c2ccccc2C[C@@H]1C(=O)Nc1nccs1. The summed E-state index contributed by atoms with van der Waals surface area (Å²) in [5.74, 6) is -0.0394. The van der Waals surface area contributed by atoms with Gasteiger partial charge >= 0.3 is 0 Å². The lowest BCUT2D eigenvalue weighted by molar-refractivity contribution is -0.121. The van der Waals surface area contributed by atoms with Crippen molar-refractivity contribution >= 4 is 22.4 Å². The second-order valence-corrected chi connectivity index (χ2v) is 7.38. The maximum Gasteiger partial charge on any atom is 0.230 e. The number of phenols is 1. The van der Waals surface area contributed by atoms with Crippen molar-refractivity contribution in [2.45, 2.75) is 18.8 Å². The smallest absolute Gasteiger partial charge is 0.230 e. The van der Waals surface area contributed by atoms with Crippen molar-refractivity contribution in [3.63, 3.8) is 0 Å². The number of aromatic hydroxyl groups is 1. The topological polar surface area (TPSA) is 62.2 Å². The molecule has 4 rings (SSSR count). The van der Waals surface area contributed by atoms with Gasteiger partial charge in [-0.15, -0.1) is 11.3 Å². The Balaban J connectivity index is 1.78. The number of carbonyl (C=O) groups is 1. The third-order valence-corrected chi connectivity index (χ3v) is 5.83. The van der Waals surface area contributed by atoms with Crippen molar-refractivity contribution in [3.8, 4) is 5.75 Å². The normalized spacial score (nSPS) is 21.7. The van der Waals surface area contributed by atoms with E-state index in [1.807, 2.05) is 29.6 Å². The van der Waals surface area contributed by atoms with E-state index < -0.39 is 5.41 Å². The minimum atomic E-state index is -0.453. The van der Waals surface area contributed by atoms with Crippen LogP contribution in [0.2, 0.25) is 0 Å². The molecule has 5 heteroatoms. The van der Waals surface area contributed by atoms with E-state index in [-0.39, 0.29) is 17.6 Å². The molecule has 0 aliphatic heterocycles. The summed E-state index contributed by atoms with van der Waals surface area (Å²) < 4.78 is 0. The molecule has 4 nitrogen and oxygen atoms in total. The van der Waals surface area contributed by atoms with E-state index in [4.69, 9.17) is 0 Å². The molecule has 1 aromatic heterocycles. The Hall–Kier alpha value is -2.66. The first-order chi connectivity index (χ1) is 12.1. The van der Waals surface area contributed by atoms with Crippen molar-refractivity contribution in [1.29, 1.82) is 0 Å². The molecule has 0 fully saturated rings. The molecule has 0 spiro atoms. The van der Waals surface area contributed by atoms with Crippen molar-refractivity contribution in [1.82, 2.24) is 4.98 Å². The first kappa shape index (κ1) is 15.8. The maximum absolute atomic E-state index is 13.0. The summed E-state index contributed by atoms with van der Waals surface area (Å²) in [5, 5.41) is 15.1. The highest BCUT2D eigenvalue weighted by Gasteiger charge is 2.47. The molecule has 1 aliphatic rings. The van der Waals surface area contributed by atoms with E-state index in [0.717, 1.165) is 5.56 Å². The number of thiazole rings is 1. The van der Waals surface area contributed by atoms with Gasteiger partial charge in [-0.3, -0.25) is 4.79 Å². The Morgan fingerprint density at radius 2 is 2.00 bits per heavy atom. The van der Waals surface area contributed by atoms with Gasteiger partial charge in [0, 0.05) is 17.0 Å². The fourth-order valence-corrected chi connectivity index (χ4v) is 4.35. The van der Waals surface area contributed by atoms with Crippen LogP contribution in [-0.4, -0.2) is 16.0 Å². The molecule has 1 amide bonds. The number of hydrogen-bond acceptors (Lipinski definition) is 4. The molecule has 0 unspecified atom stereocenters. The third-order valence-electron chi connectivity index (χ3n) is 5.14. The molecule has 2 aromatic carbocycles. The zero-order valence-corrected chi connectivity index (χ0v) is 14.6. The summed E-state index contributed by atoms with van der Waals surface area (Å²) >= 11 is 1.42. The lowest BCUT2D eigenvalue weighted by atomic mass is 9.71. The Morgan fingerprint density at radius 3 is 2.72 bits per heavy atom. The fraction of sp³-hybridized carbons (Fsp3) is 0.200. The van der Waals surface area contributed by atoms with Crippen LogP contribution in [-0.2, 0) is 16.6 Å². The number of rotatable bonds is 3. The zero-order valence-electron chi connectivity index (χ0n) is 13.8. The van der Waals surface area contributed by atoms with Crippen LogP contribution in [0.15, 0.2) is 60.1 Å². The van der Waals surface area contributed by atoms with Crippen molar-refractivity contribution in [2.75, 3.05) is 5.32 Å². The lowest BCUT2D eigenvalue weighted by Crippen LogP contribution is -2.38. The molecule has 126 valence electrons. The molecule has 0 saturated heterocycles. The molecular formula is C20H18N2O2S. The summed E-state index contributed by atoms with van der Waals surface area (Å²) in [7, 11) is 0. The summed E-state index contributed by atoms with van der Waals surface area (Å²) in [6, 6.07) is 15.4. The number of fused-ring (bicyclic) bond motifs is 1. The molecule has 1 heterocycles. The molecule has 25 heavy (non-hydrogen) atoms. The summed E-state index contributed by atoms with van der Waals surface area (Å²) in [4.78, 5) is 17.2. The first-order valence-corrected chi connectivity index (χ1v) is 9.05. The van der Waals surface area contributed by atoms with Gasteiger partial charge in [0.05, 0.1) is 5.92 Å². The van der Waals surface area contributed by atoms with Gasteiger partial charge in [0.2, 0.25) is 5.91 Å². The van der Waals surface area contributed by atoms with Crippen LogP contribution in [0.5, 0.6) is 5.75 Å². The lowest BCUT2D eigenvalue weighted by Gasteiger charge is -2.32. The second-order valence-electron chi connectivity index (χ2n) is 6.49. The second kappa shape index (κ2) is 6.01. The fourth-order valence-electron chi connectivity index (χ4n) is 3.81. The Bertz CT molecular complexity index is 906. The molecule has 3 aromatic rings. The molecule has 2 atom stereocenters. The summed E-state index contributed by atoms with van der Waals surface area (Å²) in [6.07, 6.45) is 2.37. The Morgan fingerprint density at radius 1 is 1.24 bits per heavy atom. The van der Waals surface area contributed by atoms with Crippen LogP contribution in [0.4, 0.5) is 5.13 Å². The van der Waals surface area contributed by atoms with Crippen molar-refractivity contribution in [3.05, 3.63) is 76.8 Å². The monoisotopic (exact) mass is 350 g/mol. The number of anilines is 1. The number of amides is 1. The average Bonchev–Trinajstić information content (AvgIpc) is 3.23. The quantitative estimate of drug-likeness (QED) is 0.751. The molecular weight excluding hydrogens is 332 g/mol. The number of benzene rings is 2. The van der Waals surface area contributed by atoms with E-state index in [0.29, 0.717) is 11.6 Å². The number of phenolic OH excluding ortho intramolecular Hbond substituents is 1. The number of nitrogens with zero attached hydrogens (tertiary/aromatic N) is 1. The van der Waals surface area contributed by atoms with Gasteiger partial charge < -0.3 is 10.4 Å². The van der Waals surface area contributed by atoms with E-state index in [1.165, 1.54) is 22.5 Å². The molecule has 2 N–H and O–H groups in total. The third kappa shape index (κ3) is 2.61. The van der Waals surface area contributed by atoms with Gasteiger partial charge in [-0.1, -0.05) is 43.3 Å². The maximum atomic E-state index is 13.0. The Labute approximate surface area is 150 Å². The van der Waals surface area contributed by atoms with Gasteiger partial charge in [0.1, 0.15) is 5.75 Å². The van der Waals surface area contributed by atoms with Crippen molar-refractivity contribution < 1.29 is 9.90 Å². The van der Waals surface area contributed by atoms with Crippen LogP contribution in [0.1, 0.15) is 23.6 Å². The highest BCUT2D eigenvalue weighted by molar-refractivity contribution is 7.13. The van der Waals surface area contributed by atoms with Crippen LogP contribution in [0.25, 0.3) is 0 Å². The van der Waals surface area contributed by atoms with E-state index in [1.54, 1.807) is 18.3 Å². The average molecular weight is 350 g/mol.